The summed E-state index contributed by atoms with van der Waals surface area (Å²) in [6, 6.07) is 13.5. The van der Waals surface area contributed by atoms with E-state index in [2.05, 4.69) is 9.71 Å². The van der Waals surface area contributed by atoms with Gasteiger partial charge in [0.15, 0.2) is 0 Å². The lowest BCUT2D eigenvalue weighted by atomic mass is 10.1. The van der Waals surface area contributed by atoms with Crippen molar-refractivity contribution in [1.29, 1.82) is 0 Å². The van der Waals surface area contributed by atoms with E-state index in [1.165, 1.54) is 19.2 Å². The molecule has 0 bridgehead atoms. The number of pyridine rings is 1. The molecule has 8 nitrogen and oxygen atoms in total. The van der Waals surface area contributed by atoms with Gasteiger partial charge in [0.2, 0.25) is 5.91 Å². The van der Waals surface area contributed by atoms with E-state index in [1.54, 1.807) is 58.5 Å². The van der Waals surface area contributed by atoms with Gasteiger partial charge in [-0.05, 0) is 72.5 Å². The van der Waals surface area contributed by atoms with E-state index in [9.17, 15) is 18.0 Å². The highest BCUT2D eigenvalue weighted by Crippen LogP contribution is 2.34. The Morgan fingerprint density at radius 1 is 0.939 bits per heavy atom. The first-order valence-corrected chi connectivity index (χ1v) is 12.1. The van der Waals surface area contributed by atoms with E-state index in [4.69, 9.17) is 0 Å². The molecule has 0 saturated heterocycles. The fourth-order valence-electron chi connectivity index (χ4n) is 4.41. The molecular formula is C24H22N4O4S. The Balaban J connectivity index is 1.37. The van der Waals surface area contributed by atoms with E-state index < -0.39 is 10.0 Å². The third-order valence-corrected chi connectivity index (χ3v) is 7.40. The van der Waals surface area contributed by atoms with Crippen LogP contribution in [0.15, 0.2) is 65.8 Å². The summed E-state index contributed by atoms with van der Waals surface area (Å²) in [5.41, 5.74) is 4.22. The van der Waals surface area contributed by atoms with E-state index in [0.717, 1.165) is 22.5 Å². The summed E-state index contributed by atoms with van der Waals surface area (Å²) in [6.45, 7) is 2.58. The molecule has 2 amide bonds. The molecule has 2 aromatic carbocycles. The highest BCUT2D eigenvalue weighted by molar-refractivity contribution is 7.92. The smallest absolute Gasteiger partial charge is 0.261 e. The van der Waals surface area contributed by atoms with Crippen LogP contribution in [0.4, 0.5) is 17.1 Å². The minimum Gasteiger partial charge on any atom is -0.312 e. The van der Waals surface area contributed by atoms with Crippen LogP contribution in [0.2, 0.25) is 0 Å². The number of benzene rings is 2. The molecule has 9 heteroatoms. The van der Waals surface area contributed by atoms with Gasteiger partial charge in [0.25, 0.3) is 15.9 Å². The highest BCUT2D eigenvalue weighted by atomic mass is 32.2. The molecule has 0 saturated carbocycles. The average Bonchev–Trinajstić information content (AvgIpc) is 3.42. The van der Waals surface area contributed by atoms with Crippen molar-refractivity contribution < 1.29 is 18.0 Å². The predicted octanol–water partition coefficient (Wildman–Crippen LogP) is 2.99. The summed E-state index contributed by atoms with van der Waals surface area (Å²) in [5.74, 6) is -0.190. The Morgan fingerprint density at radius 3 is 2.36 bits per heavy atom. The van der Waals surface area contributed by atoms with Crippen molar-refractivity contribution in [2.24, 2.45) is 0 Å². The Morgan fingerprint density at radius 2 is 1.64 bits per heavy atom. The first-order chi connectivity index (χ1) is 15.8. The first kappa shape index (κ1) is 21.1. The molecule has 0 fully saturated rings. The fourth-order valence-corrected chi connectivity index (χ4v) is 5.51. The molecule has 0 atom stereocenters. The topological polar surface area (TPSA) is 99.7 Å². The number of nitrogens with one attached hydrogen (secondary N) is 1. The quantitative estimate of drug-likeness (QED) is 0.643. The van der Waals surface area contributed by atoms with Crippen LogP contribution in [0.25, 0.3) is 0 Å². The van der Waals surface area contributed by atoms with Crippen molar-refractivity contribution in [3.63, 3.8) is 0 Å². The van der Waals surface area contributed by atoms with Gasteiger partial charge in [0.05, 0.1) is 10.5 Å². The second-order valence-electron chi connectivity index (χ2n) is 8.11. The number of carbonyl (C=O) groups is 2. The Labute approximate surface area is 191 Å². The van der Waals surface area contributed by atoms with Gasteiger partial charge in [0.1, 0.15) is 0 Å². The lowest BCUT2D eigenvalue weighted by Crippen LogP contribution is -2.28. The second kappa shape index (κ2) is 8.00. The number of amides is 2. The van der Waals surface area contributed by atoms with E-state index >= 15 is 0 Å². The van der Waals surface area contributed by atoms with Gasteiger partial charge in [-0.1, -0.05) is 0 Å². The van der Waals surface area contributed by atoms with Crippen molar-refractivity contribution in [3.05, 3.63) is 77.6 Å². The SMILES string of the molecule is CC(=O)N1CCc2cc(S(=O)(=O)Nc3ccc4c(c3)CCN4C(=O)c3cccnc3)ccc21. The van der Waals surface area contributed by atoms with Crippen molar-refractivity contribution in [2.45, 2.75) is 24.7 Å². The predicted molar refractivity (Wildman–Crippen MR) is 125 cm³/mol. The van der Waals surface area contributed by atoms with Gasteiger partial charge in [-0.25, -0.2) is 8.42 Å². The van der Waals surface area contributed by atoms with Crippen LogP contribution in [0.3, 0.4) is 0 Å². The molecule has 0 radical (unpaired) electrons. The minimum absolute atomic E-state index is 0.0586. The number of nitrogens with zero attached hydrogens (tertiary/aromatic N) is 3. The maximum atomic E-state index is 13.0. The number of carbonyl (C=O) groups excluding carboxylic acids is 2. The summed E-state index contributed by atoms with van der Waals surface area (Å²) >= 11 is 0. The third kappa shape index (κ3) is 3.84. The van der Waals surface area contributed by atoms with Crippen LogP contribution in [-0.2, 0) is 27.7 Å². The van der Waals surface area contributed by atoms with Crippen LogP contribution < -0.4 is 14.5 Å². The van der Waals surface area contributed by atoms with Crippen LogP contribution >= 0.6 is 0 Å². The molecule has 0 aliphatic carbocycles. The normalized spacial score (nSPS) is 14.7. The second-order valence-corrected chi connectivity index (χ2v) is 9.79. The molecule has 168 valence electrons. The summed E-state index contributed by atoms with van der Waals surface area (Å²) in [7, 11) is -3.81. The summed E-state index contributed by atoms with van der Waals surface area (Å²) in [6.07, 6.45) is 4.41. The van der Waals surface area contributed by atoms with Gasteiger partial charge in [0, 0.05) is 49.5 Å². The zero-order valence-corrected chi connectivity index (χ0v) is 18.8. The largest absolute Gasteiger partial charge is 0.312 e. The molecule has 2 aliphatic heterocycles. The monoisotopic (exact) mass is 462 g/mol. The number of aromatic nitrogens is 1. The first-order valence-electron chi connectivity index (χ1n) is 10.6. The third-order valence-electron chi connectivity index (χ3n) is 6.02. The fraction of sp³-hybridized carbons (Fsp3) is 0.208. The molecule has 1 aromatic heterocycles. The van der Waals surface area contributed by atoms with E-state index in [1.807, 2.05) is 0 Å². The zero-order valence-electron chi connectivity index (χ0n) is 18.0. The molecule has 5 rings (SSSR count). The van der Waals surface area contributed by atoms with Crippen molar-refractivity contribution in [3.8, 4) is 0 Å². The summed E-state index contributed by atoms with van der Waals surface area (Å²) in [4.78, 5) is 32.1. The van der Waals surface area contributed by atoms with Crippen LogP contribution in [0, 0.1) is 0 Å². The van der Waals surface area contributed by atoms with Crippen molar-refractivity contribution >= 4 is 38.9 Å². The Bertz CT molecular complexity index is 1370. The van der Waals surface area contributed by atoms with Gasteiger partial charge in [-0.2, -0.15) is 0 Å². The molecule has 1 N–H and O–H groups in total. The zero-order chi connectivity index (χ0) is 23.2. The Hall–Kier alpha value is -3.72. The Kier molecular flexibility index (Phi) is 5.13. The molecule has 0 unspecified atom stereocenters. The van der Waals surface area contributed by atoms with Crippen LogP contribution in [0.5, 0.6) is 0 Å². The van der Waals surface area contributed by atoms with E-state index in [0.29, 0.717) is 37.2 Å². The van der Waals surface area contributed by atoms with Gasteiger partial charge in [-0.3, -0.25) is 19.3 Å². The van der Waals surface area contributed by atoms with Crippen molar-refractivity contribution in [2.75, 3.05) is 27.6 Å². The number of hydrogen-bond donors (Lipinski definition) is 1. The highest BCUT2D eigenvalue weighted by Gasteiger charge is 2.27. The molecule has 2 aliphatic rings. The van der Waals surface area contributed by atoms with Crippen molar-refractivity contribution in [1.82, 2.24) is 4.98 Å². The maximum absolute atomic E-state index is 13.0. The number of anilines is 3. The molecule has 3 heterocycles. The number of fused-ring (bicyclic) bond motifs is 2. The molecular weight excluding hydrogens is 440 g/mol. The summed E-state index contributed by atoms with van der Waals surface area (Å²) < 4.78 is 28.7. The maximum Gasteiger partial charge on any atom is 0.261 e. The number of sulfonamides is 1. The number of hydrogen-bond acceptors (Lipinski definition) is 5. The van der Waals surface area contributed by atoms with Crippen LogP contribution in [-0.4, -0.2) is 38.3 Å². The van der Waals surface area contributed by atoms with Gasteiger partial charge in [-0.15, -0.1) is 0 Å². The van der Waals surface area contributed by atoms with E-state index in [-0.39, 0.29) is 16.7 Å². The minimum atomic E-state index is -3.81. The standard InChI is InChI=1S/C24H22N4O4S/c1-16(29)27-11-8-18-14-21(5-7-22(18)27)33(31,32)26-20-4-6-23-17(13-20)9-12-28(23)24(30)19-3-2-10-25-15-19/h2-7,10,13-15,26H,8-9,11-12H2,1H3. The molecule has 33 heavy (non-hydrogen) atoms. The molecule has 3 aromatic rings. The number of rotatable bonds is 4. The lowest BCUT2D eigenvalue weighted by Gasteiger charge is -2.18. The van der Waals surface area contributed by atoms with Gasteiger partial charge < -0.3 is 9.80 Å². The van der Waals surface area contributed by atoms with Crippen LogP contribution in [0.1, 0.15) is 28.4 Å². The average molecular weight is 463 g/mol. The summed E-state index contributed by atoms with van der Waals surface area (Å²) in [5, 5.41) is 0. The lowest BCUT2D eigenvalue weighted by molar-refractivity contribution is -0.116. The molecule has 0 spiro atoms. The van der Waals surface area contributed by atoms with Gasteiger partial charge >= 0.3 is 0 Å².